The maximum Gasteiger partial charge on any atom is 0.338 e. The number of hydrogen-bond acceptors (Lipinski definition) is 7. The number of nitrogens with zero attached hydrogens (tertiary/aromatic N) is 2. The Kier molecular flexibility index (Phi) is 6.19. The summed E-state index contributed by atoms with van der Waals surface area (Å²) in [5.74, 6) is 0.0918. The van der Waals surface area contributed by atoms with Crippen LogP contribution in [-0.2, 0) is 21.3 Å². The molecule has 7 nitrogen and oxygen atoms in total. The van der Waals surface area contributed by atoms with Crippen molar-refractivity contribution in [2.75, 3.05) is 18.5 Å². The summed E-state index contributed by atoms with van der Waals surface area (Å²) in [6.45, 7) is 1.81. The van der Waals surface area contributed by atoms with Crippen molar-refractivity contribution in [3.63, 3.8) is 0 Å². The molecular weight excluding hydrogens is 412 g/mol. The third-order valence-corrected chi connectivity index (χ3v) is 6.96. The number of thiazole rings is 1. The van der Waals surface area contributed by atoms with Crippen LogP contribution in [0.25, 0.3) is 0 Å². The molecule has 152 valence electrons. The minimum absolute atomic E-state index is 0.00721. The van der Waals surface area contributed by atoms with Gasteiger partial charge in [0.1, 0.15) is 5.75 Å². The van der Waals surface area contributed by atoms with E-state index >= 15 is 0 Å². The number of anilines is 1. The van der Waals surface area contributed by atoms with E-state index in [-0.39, 0.29) is 17.0 Å². The number of esters is 1. The molecule has 3 rings (SSSR count). The monoisotopic (exact) mass is 432 g/mol. The summed E-state index contributed by atoms with van der Waals surface area (Å²) in [4.78, 5) is 16.2. The SMILES string of the molecule is COC(=O)c1cc(S(=O)(=O)N(Cc2ccc(OC)cc2)c2nccs2)ccc1C. The fourth-order valence-corrected chi connectivity index (χ4v) is 5.01. The van der Waals surface area contributed by atoms with Gasteiger partial charge in [-0.25, -0.2) is 22.5 Å². The molecule has 0 saturated carbocycles. The number of carbonyl (C=O) groups excluding carboxylic acids is 1. The third-order valence-electron chi connectivity index (χ3n) is 4.32. The molecule has 2 aromatic carbocycles. The zero-order valence-corrected chi connectivity index (χ0v) is 17.8. The molecule has 0 aliphatic rings. The molecule has 1 aromatic heterocycles. The largest absolute Gasteiger partial charge is 0.497 e. The van der Waals surface area contributed by atoms with Crippen LogP contribution in [0.2, 0.25) is 0 Å². The van der Waals surface area contributed by atoms with E-state index < -0.39 is 16.0 Å². The summed E-state index contributed by atoms with van der Waals surface area (Å²) in [6, 6.07) is 11.5. The average Bonchev–Trinajstić information content (AvgIpc) is 3.26. The van der Waals surface area contributed by atoms with Crippen molar-refractivity contribution >= 4 is 32.5 Å². The van der Waals surface area contributed by atoms with Crippen LogP contribution in [0.15, 0.2) is 58.9 Å². The van der Waals surface area contributed by atoms with Crippen molar-refractivity contribution in [3.8, 4) is 5.75 Å². The molecule has 0 fully saturated rings. The van der Waals surface area contributed by atoms with Gasteiger partial charge in [-0.05, 0) is 42.3 Å². The quantitative estimate of drug-likeness (QED) is 0.530. The van der Waals surface area contributed by atoms with Crippen LogP contribution in [0, 0.1) is 6.92 Å². The van der Waals surface area contributed by atoms with Gasteiger partial charge in [0.2, 0.25) is 0 Å². The van der Waals surface area contributed by atoms with E-state index in [4.69, 9.17) is 9.47 Å². The Balaban J connectivity index is 2.04. The van der Waals surface area contributed by atoms with Crippen molar-refractivity contribution in [3.05, 3.63) is 70.7 Å². The lowest BCUT2D eigenvalue weighted by molar-refractivity contribution is 0.0599. The van der Waals surface area contributed by atoms with Crippen LogP contribution in [0.1, 0.15) is 21.5 Å². The van der Waals surface area contributed by atoms with E-state index in [0.29, 0.717) is 16.4 Å². The second-order valence-electron chi connectivity index (χ2n) is 6.14. The van der Waals surface area contributed by atoms with Crippen LogP contribution in [0.4, 0.5) is 5.13 Å². The van der Waals surface area contributed by atoms with Crippen LogP contribution in [0.3, 0.4) is 0 Å². The molecule has 0 atom stereocenters. The van der Waals surface area contributed by atoms with Gasteiger partial charge in [-0.3, -0.25) is 0 Å². The lowest BCUT2D eigenvalue weighted by atomic mass is 10.1. The first kappa shape index (κ1) is 20.8. The number of sulfonamides is 1. The van der Waals surface area contributed by atoms with Gasteiger partial charge in [0.25, 0.3) is 10.0 Å². The molecular formula is C20H20N2O5S2. The Hall–Kier alpha value is -2.91. The Morgan fingerprint density at radius 3 is 2.45 bits per heavy atom. The Morgan fingerprint density at radius 1 is 1.14 bits per heavy atom. The number of carbonyl (C=O) groups is 1. The van der Waals surface area contributed by atoms with Gasteiger partial charge in [0.15, 0.2) is 5.13 Å². The normalized spacial score (nSPS) is 11.1. The summed E-state index contributed by atoms with van der Waals surface area (Å²) < 4.78 is 38.0. The van der Waals surface area contributed by atoms with Crippen LogP contribution in [-0.4, -0.2) is 33.6 Å². The van der Waals surface area contributed by atoms with Gasteiger partial charge in [0, 0.05) is 11.6 Å². The van der Waals surface area contributed by atoms with E-state index in [1.165, 1.54) is 34.9 Å². The number of benzene rings is 2. The van der Waals surface area contributed by atoms with Crippen LogP contribution >= 0.6 is 11.3 Å². The number of aryl methyl sites for hydroxylation is 1. The van der Waals surface area contributed by atoms with Crippen molar-refractivity contribution in [2.45, 2.75) is 18.4 Å². The van der Waals surface area contributed by atoms with Crippen molar-refractivity contribution in [1.29, 1.82) is 0 Å². The highest BCUT2D eigenvalue weighted by molar-refractivity contribution is 7.93. The van der Waals surface area contributed by atoms with Crippen molar-refractivity contribution in [2.24, 2.45) is 0 Å². The highest BCUT2D eigenvalue weighted by atomic mass is 32.2. The van der Waals surface area contributed by atoms with Gasteiger partial charge in [-0.15, -0.1) is 11.3 Å². The summed E-state index contributed by atoms with van der Waals surface area (Å²) >= 11 is 1.22. The first-order valence-corrected chi connectivity index (χ1v) is 10.9. The number of rotatable bonds is 7. The van der Waals surface area contributed by atoms with Gasteiger partial charge in [-0.1, -0.05) is 18.2 Å². The maximum absolute atomic E-state index is 13.4. The topological polar surface area (TPSA) is 85.8 Å². The third kappa shape index (κ3) is 4.41. The fourth-order valence-electron chi connectivity index (χ4n) is 2.71. The molecule has 0 spiro atoms. The molecule has 3 aromatic rings. The zero-order valence-electron chi connectivity index (χ0n) is 16.2. The van der Waals surface area contributed by atoms with E-state index in [0.717, 1.165) is 5.56 Å². The maximum atomic E-state index is 13.4. The highest BCUT2D eigenvalue weighted by Gasteiger charge is 2.28. The molecule has 0 saturated heterocycles. The lowest BCUT2D eigenvalue weighted by Gasteiger charge is -2.22. The lowest BCUT2D eigenvalue weighted by Crippen LogP contribution is -2.30. The number of methoxy groups -OCH3 is 2. The number of hydrogen-bond donors (Lipinski definition) is 0. The predicted molar refractivity (Wildman–Crippen MR) is 111 cm³/mol. The average molecular weight is 433 g/mol. The number of aromatic nitrogens is 1. The van der Waals surface area contributed by atoms with Gasteiger partial charge in [0.05, 0.1) is 31.2 Å². The molecule has 1 heterocycles. The molecule has 0 unspecified atom stereocenters. The second-order valence-corrected chi connectivity index (χ2v) is 8.88. The summed E-state index contributed by atoms with van der Waals surface area (Å²) in [5.41, 5.74) is 1.61. The van der Waals surface area contributed by atoms with Crippen LogP contribution in [0.5, 0.6) is 5.75 Å². The Morgan fingerprint density at radius 2 is 1.86 bits per heavy atom. The summed E-state index contributed by atoms with van der Waals surface area (Å²) in [6.07, 6.45) is 1.55. The molecule has 0 bridgehead atoms. The number of ether oxygens (including phenoxy) is 2. The van der Waals surface area contributed by atoms with Gasteiger partial charge >= 0.3 is 5.97 Å². The first-order chi connectivity index (χ1) is 13.9. The van der Waals surface area contributed by atoms with Crippen molar-refractivity contribution in [1.82, 2.24) is 4.98 Å². The van der Waals surface area contributed by atoms with E-state index in [9.17, 15) is 13.2 Å². The van der Waals surface area contributed by atoms with Crippen molar-refractivity contribution < 1.29 is 22.7 Å². The standard InChI is InChI=1S/C20H20N2O5S2/c1-14-4-9-17(12-18(14)19(23)27-3)29(24,25)22(20-21-10-11-28-20)13-15-5-7-16(26-2)8-6-15/h4-12H,13H2,1-3H3. The first-order valence-electron chi connectivity index (χ1n) is 8.61. The Bertz CT molecular complexity index is 1090. The molecule has 0 aliphatic carbocycles. The minimum Gasteiger partial charge on any atom is -0.497 e. The molecule has 0 amide bonds. The summed E-state index contributed by atoms with van der Waals surface area (Å²) in [5, 5.41) is 2.04. The molecule has 29 heavy (non-hydrogen) atoms. The van der Waals surface area contributed by atoms with Gasteiger partial charge in [-0.2, -0.15) is 0 Å². The summed E-state index contributed by atoms with van der Waals surface area (Å²) in [7, 11) is -1.15. The van der Waals surface area contributed by atoms with Gasteiger partial charge < -0.3 is 9.47 Å². The smallest absolute Gasteiger partial charge is 0.338 e. The van der Waals surface area contributed by atoms with E-state index in [1.807, 2.05) is 0 Å². The van der Waals surface area contributed by atoms with E-state index in [1.54, 1.807) is 55.9 Å². The highest BCUT2D eigenvalue weighted by Crippen LogP contribution is 2.29. The fraction of sp³-hybridized carbons (Fsp3) is 0.200. The minimum atomic E-state index is -3.98. The molecule has 0 aliphatic heterocycles. The Labute approximate surface area is 173 Å². The predicted octanol–water partition coefficient (Wildman–Crippen LogP) is 3.64. The van der Waals surface area contributed by atoms with Crippen LogP contribution < -0.4 is 9.04 Å². The van der Waals surface area contributed by atoms with E-state index in [2.05, 4.69) is 4.98 Å². The second kappa shape index (κ2) is 8.62. The zero-order chi connectivity index (χ0) is 21.0. The molecule has 0 radical (unpaired) electrons. The molecule has 0 N–H and O–H groups in total. The molecule has 9 heteroatoms.